The van der Waals surface area contributed by atoms with E-state index in [0.29, 0.717) is 6.42 Å². The Labute approximate surface area is 140 Å². The first-order valence-corrected chi connectivity index (χ1v) is 8.95. The lowest BCUT2D eigenvalue weighted by atomic mass is 9.95. The van der Waals surface area contributed by atoms with E-state index < -0.39 is 0 Å². The third kappa shape index (κ3) is 4.43. The Bertz CT molecular complexity index is 425. The number of fused-ring (bicyclic) bond motifs is 1. The van der Waals surface area contributed by atoms with Crippen LogP contribution in [0.2, 0.25) is 0 Å². The van der Waals surface area contributed by atoms with Gasteiger partial charge in [-0.3, -0.25) is 4.79 Å². The largest absolute Gasteiger partial charge is 0.459 e. The summed E-state index contributed by atoms with van der Waals surface area (Å²) in [7, 11) is 0. The minimum Gasteiger partial charge on any atom is -0.459 e. The molecule has 0 bridgehead atoms. The standard InChI is InChI=1S/C16H24BrNO4/c1-3-13-16(20-10(2)19)12(17)9-15-14(22-13)7-6-11(21-15)5-4-8-18/h11-16H,3-7,9H2,1-2H3/t11-,12-,13+,14-,15-,16+/m0/s1. The molecule has 0 aromatic heterocycles. The van der Waals surface area contributed by atoms with Crippen LogP contribution in [0.25, 0.3) is 0 Å². The first-order chi connectivity index (χ1) is 10.5. The molecule has 124 valence electrons. The number of ether oxygens (including phenoxy) is 3. The van der Waals surface area contributed by atoms with Crippen LogP contribution in [0, 0.1) is 11.3 Å². The first-order valence-electron chi connectivity index (χ1n) is 8.04. The highest BCUT2D eigenvalue weighted by molar-refractivity contribution is 9.09. The highest BCUT2D eigenvalue weighted by atomic mass is 79.9. The van der Waals surface area contributed by atoms with Gasteiger partial charge in [0.2, 0.25) is 0 Å². The van der Waals surface area contributed by atoms with Crippen molar-refractivity contribution in [2.24, 2.45) is 0 Å². The average Bonchev–Trinajstić information content (AvgIpc) is 2.61. The lowest BCUT2D eigenvalue weighted by Crippen LogP contribution is -2.41. The predicted octanol–water partition coefficient (Wildman–Crippen LogP) is 3.10. The van der Waals surface area contributed by atoms with Crippen LogP contribution in [0.5, 0.6) is 0 Å². The van der Waals surface area contributed by atoms with E-state index in [9.17, 15) is 4.79 Å². The second-order valence-corrected chi connectivity index (χ2v) is 7.19. The van der Waals surface area contributed by atoms with Gasteiger partial charge in [-0.25, -0.2) is 0 Å². The van der Waals surface area contributed by atoms with Crippen molar-refractivity contribution in [3.8, 4) is 6.07 Å². The number of hydrogen-bond acceptors (Lipinski definition) is 5. The molecule has 6 atom stereocenters. The minimum absolute atomic E-state index is 0.00331. The molecule has 0 aliphatic carbocycles. The summed E-state index contributed by atoms with van der Waals surface area (Å²) in [6, 6.07) is 2.17. The number of carbonyl (C=O) groups is 1. The number of rotatable bonds is 4. The second kappa shape index (κ2) is 8.28. The number of alkyl halides is 1. The maximum Gasteiger partial charge on any atom is 0.303 e. The molecule has 2 aliphatic heterocycles. The van der Waals surface area contributed by atoms with E-state index in [2.05, 4.69) is 22.0 Å². The molecule has 0 radical (unpaired) electrons. The molecule has 5 nitrogen and oxygen atoms in total. The van der Waals surface area contributed by atoms with Crippen LogP contribution in [0.4, 0.5) is 0 Å². The van der Waals surface area contributed by atoms with E-state index in [0.717, 1.165) is 32.1 Å². The zero-order valence-electron chi connectivity index (χ0n) is 13.2. The van der Waals surface area contributed by atoms with E-state index in [-0.39, 0.29) is 41.3 Å². The van der Waals surface area contributed by atoms with Crippen molar-refractivity contribution in [3.05, 3.63) is 0 Å². The number of esters is 1. The second-order valence-electron chi connectivity index (χ2n) is 6.02. The summed E-state index contributed by atoms with van der Waals surface area (Å²) in [6.07, 6.45) is 4.48. The summed E-state index contributed by atoms with van der Waals surface area (Å²) >= 11 is 3.66. The lowest BCUT2D eigenvalue weighted by molar-refractivity contribution is -0.171. The zero-order chi connectivity index (χ0) is 16.1. The Morgan fingerprint density at radius 3 is 2.77 bits per heavy atom. The van der Waals surface area contributed by atoms with Crippen molar-refractivity contribution in [1.29, 1.82) is 5.26 Å². The van der Waals surface area contributed by atoms with Crippen molar-refractivity contribution in [3.63, 3.8) is 0 Å². The normalized spacial score (nSPS) is 38.5. The van der Waals surface area contributed by atoms with Crippen LogP contribution in [0.1, 0.15) is 52.4 Å². The number of nitrogens with zero attached hydrogens (tertiary/aromatic N) is 1. The molecular weight excluding hydrogens is 350 g/mol. The molecule has 0 aromatic carbocycles. The topological polar surface area (TPSA) is 68.6 Å². The highest BCUT2D eigenvalue weighted by Gasteiger charge is 2.43. The van der Waals surface area contributed by atoms with Crippen LogP contribution >= 0.6 is 15.9 Å². The van der Waals surface area contributed by atoms with Gasteiger partial charge in [0.05, 0.1) is 35.3 Å². The van der Waals surface area contributed by atoms with E-state index in [4.69, 9.17) is 19.5 Å². The Balaban J connectivity index is 2.05. The van der Waals surface area contributed by atoms with Crippen LogP contribution in [-0.4, -0.2) is 41.3 Å². The minimum atomic E-state index is -0.283. The fourth-order valence-electron chi connectivity index (χ4n) is 3.30. The van der Waals surface area contributed by atoms with Crippen LogP contribution < -0.4 is 0 Å². The van der Waals surface area contributed by atoms with E-state index >= 15 is 0 Å². The lowest BCUT2D eigenvalue weighted by Gasteiger charge is -2.36. The maximum atomic E-state index is 11.4. The molecule has 0 unspecified atom stereocenters. The number of halogens is 1. The van der Waals surface area contributed by atoms with Gasteiger partial charge in [0, 0.05) is 13.3 Å². The number of carbonyl (C=O) groups excluding carboxylic acids is 1. The number of hydrogen-bond donors (Lipinski definition) is 0. The van der Waals surface area contributed by atoms with Crippen molar-refractivity contribution in [2.75, 3.05) is 0 Å². The van der Waals surface area contributed by atoms with Crippen molar-refractivity contribution in [2.45, 2.75) is 87.7 Å². The Morgan fingerprint density at radius 2 is 2.14 bits per heavy atom. The molecule has 2 saturated heterocycles. The molecule has 0 saturated carbocycles. The van der Waals surface area contributed by atoms with Crippen LogP contribution in [-0.2, 0) is 19.0 Å². The Hall–Kier alpha value is -0.640. The molecule has 0 amide bonds. The Kier molecular flexibility index (Phi) is 6.66. The molecular formula is C16H24BrNO4. The summed E-state index contributed by atoms with van der Waals surface area (Å²) in [5.41, 5.74) is 0. The molecule has 2 heterocycles. The summed E-state index contributed by atoms with van der Waals surface area (Å²) < 4.78 is 17.8. The molecule has 0 N–H and O–H groups in total. The molecule has 2 fully saturated rings. The molecule has 0 spiro atoms. The smallest absolute Gasteiger partial charge is 0.303 e. The third-order valence-corrected chi connectivity index (χ3v) is 5.26. The van der Waals surface area contributed by atoms with Gasteiger partial charge in [0.1, 0.15) is 6.10 Å². The average molecular weight is 374 g/mol. The zero-order valence-corrected chi connectivity index (χ0v) is 14.8. The Morgan fingerprint density at radius 1 is 1.36 bits per heavy atom. The van der Waals surface area contributed by atoms with Gasteiger partial charge in [-0.05, 0) is 32.1 Å². The predicted molar refractivity (Wildman–Crippen MR) is 84.6 cm³/mol. The first kappa shape index (κ1) is 17.7. The van der Waals surface area contributed by atoms with Gasteiger partial charge < -0.3 is 14.2 Å². The molecule has 2 aliphatic rings. The van der Waals surface area contributed by atoms with Crippen molar-refractivity contribution in [1.82, 2.24) is 0 Å². The SMILES string of the molecule is CC[C@H]1O[C@H]2CC[C@H](CCC#N)O[C@H]2C[C@H](Br)[C@H]1OC(C)=O. The van der Waals surface area contributed by atoms with Gasteiger partial charge >= 0.3 is 5.97 Å². The van der Waals surface area contributed by atoms with Crippen molar-refractivity contribution < 1.29 is 19.0 Å². The van der Waals surface area contributed by atoms with E-state index in [1.165, 1.54) is 6.92 Å². The highest BCUT2D eigenvalue weighted by Crippen LogP contribution is 2.36. The third-order valence-electron chi connectivity index (χ3n) is 4.37. The monoisotopic (exact) mass is 373 g/mol. The van der Waals surface area contributed by atoms with Gasteiger partial charge in [0.15, 0.2) is 0 Å². The van der Waals surface area contributed by atoms with Crippen molar-refractivity contribution >= 4 is 21.9 Å². The molecule has 22 heavy (non-hydrogen) atoms. The molecule has 0 aromatic rings. The number of nitriles is 1. The van der Waals surface area contributed by atoms with Gasteiger partial charge in [-0.15, -0.1) is 0 Å². The summed E-state index contributed by atoms with van der Waals surface area (Å²) in [5.74, 6) is -0.283. The van der Waals surface area contributed by atoms with E-state index in [1.54, 1.807) is 0 Å². The summed E-state index contributed by atoms with van der Waals surface area (Å²) in [6.45, 7) is 3.47. The van der Waals surface area contributed by atoms with Gasteiger partial charge in [-0.1, -0.05) is 22.9 Å². The van der Waals surface area contributed by atoms with Crippen LogP contribution in [0.3, 0.4) is 0 Å². The van der Waals surface area contributed by atoms with Crippen LogP contribution in [0.15, 0.2) is 0 Å². The maximum absolute atomic E-state index is 11.4. The van der Waals surface area contributed by atoms with E-state index in [1.807, 2.05) is 6.92 Å². The summed E-state index contributed by atoms with van der Waals surface area (Å²) in [4.78, 5) is 11.4. The summed E-state index contributed by atoms with van der Waals surface area (Å²) in [5, 5.41) is 8.72. The quantitative estimate of drug-likeness (QED) is 0.559. The van der Waals surface area contributed by atoms with Gasteiger partial charge in [0.25, 0.3) is 0 Å². The fourth-order valence-corrected chi connectivity index (χ4v) is 4.12. The molecule has 6 heteroatoms. The fraction of sp³-hybridized carbons (Fsp3) is 0.875. The molecule has 2 rings (SSSR count). The van der Waals surface area contributed by atoms with Gasteiger partial charge in [-0.2, -0.15) is 5.26 Å².